The predicted octanol–water partition coefficient (Wildman–Crippen LogP) is 2.57. The van der Waals surface area contributed by atoms with Crippen molar-refractivity contribution < 1.29 is 32.9 Å². The third kappa shape index (κ3) is 4.91. The van der Waals surface area contributed by atoms with Gasteiger partial charge >= 0.3 is 5.97 Å². The van der Waals surface area contributed by atoms with Crippen molar-refractivity contribution in [2.24, 2.45) is 0 Å². The molecule has 7 nitrogen and oxygen atoms in total. The predicted molar refractivity (Wildman–Crippen MR) is 96.5 cm³/mol. The molecule has 0 unspecified atom stereocenters. The number of nitrogens with one attached hydrogen (secondary N) is 1. The lowest BCUT2D eigenvalue weighted by atomic mass is 10.2. The lowest BCUT2D eigenvalue weighted by molar-refractivity contribution is -0.160. The summed E-state index contributed by atoms with van der Waals surface area (Å²) in [6.45, 7) is 3.38. The molecule has 0 radical (unpaired) electrons. The first-order valence-electron chi connectivity index (χ1n) is 8.71. The van der Waals surface area contributed by atoms with Gasteiger partial charge in [-0.3, -0.25) is 4.79 Å². The van der Waals surface area contributed by atoms with Gasteiger partial charge in [0.25, 0.3) is 5.91 Å². The van der Waals surface area contributed by atoms with Crippen LogP contribution in [0.25, 0.3) is 0 Å². The van der Waals surface area contributed by atoms with Crippen LogP contribution in [-0.4, -0.2) is 30.9 Å². The smallest absolute Gasteiger partial charge is 0.347 e. The molecule has 0 bridgehead atoms. The highest BCUT2D eigenvalue weighted by Crippen LogP contribution is 2.32. The van der Waals surface area contributed by atoms with Crippen molar-refractivity contribution in [3.05, 3.63) is 53.8 Å². The zero-order valence-electron chi connectivity index (χ0n) is 15.4. The Labute approximate surface area is 161 Å². The fourth-order valence-corrected chi connectivity index (χ4v) is 2.47. The quantitative estimate of drug-likeness (QED) is 0.733. The van der Waals surface area contributed by atoms with Crippen LogP contribution >= 0.6 is 0 Å². The fourth-order valence-electron chi connectivity index (χ4n) is 2.47. The Morgan fingerprint density at radius 3 is 2.54 bits per heavy atom. The molecule has 2 atom stereocenters. The monoisotopic (exact) mass is 389 g/mol. The average molecular weight is 389 g/mol. The van der Waals surface area contributed by atoms with Gasteiger partial charge in [0.1, 0.15) is 11.6 Å². The molecule has 1 aliphatic rings. The van der Waals surface area contributed by atoms with Crippen LogP contribution in [-0.2, 0) is 20.9 Å². The number of hydrogen-bond acceptors (Lipinski definition) is 6. The van der Waals surface area contributed by atoms with E-state index in [1.54, 1.807) is 12.1 Å². The van der Waals surface area contributed by atoms with Gasteiger partial charge in [0.05, 0.1) is 0 Å². The highest BCUT2D eigenvalue weighted by atomic mass is 19.1. The van der Waals surface area contributed by atoms with E-state index in [2.05, 4.69) is 5.32 Å². The second-order valence-electron chi connectivity index (χ2n) is 6.20. The van der Waals surface area contributed by atoms with E-state index in [1.807, 2.05) is 6.07 Å². The Balaban J connectivity index is 1.46. The summed E-state index contributed by atoms with van der Waals surface area (Å²) in [5.74, 6) is 0.0571. The molecule has 148 valence electrons. The number of rotatable bonds is 7. The Morgan fingerprint density at radius 1 is 1.07 bits per heavy atom. The maximum absolute atomic E-state index is 12.9. The Hall–Kier alpha value is -3.29. The van der Waals surface area contributed by atoms with E-state index in [0.29, 0.717) is 17.2 Å². The lowest BCUT2D eigenvalue weighted by Crippen LogP contribution is -2.38. The van der Waals surface area contributed by atoms with Crippen LogP contribution in [0, 0.1) is 5.82 Å². The standard InChI is InChI=1S/C20H20FNO6/c1-12(28-20(24)13(2)27-16-6-4-15(21)5-7-16)19(23)22-10-14-3-8-17-18(9-14)26-11-25-17/h3-9,12-13H,10-11H2,1-2H3,(H,22,23)/t12-,13+/m0/s1. The molecule has 2 aromatic carbocycles. The van der Waals surface area contributed by atoms with Gasteiger partial charge in [0, 0.05) is 6.54 Å². The van der Waals surface area contributed by atoms with E-state index in [4.69, 9.17) is 18.9 Å². The summed E-state index contributed by atoms with van der Waals surface area (Å²) in [6.07, 6.45) is -1.95. The maximum Gasteiger partial charge on any atom is 0.347 e. The van der Waals surface area contributed by atoms with Crippen molar-refractivity contribution in [1.29, 1.82) is 0 Å². The van der Waals surface area contributed by atoms with Crippen molar-refractivity contribution >= 4 is 11.9 Å². The van der Waals surface area contributed by atoms with E-state index in [0.717, 1.165) is 5.56 Å². The Kier molecular flexibility index (Phi) is 5.98. The molecule has 1 N–H and O–H groups in total. The number of carbonyl (C=O) groups is 2. The molecule has 0 saturated heterocycles. The van der Waals surface area contributed by atoms with Crippen LogP contribution in [0.3, 0.4) is 0 Å². The molecule has 0 saturated carbocycles. The van der Waals surface area contributed by atoms with Crippen LogP contribution in [0.4, 0.5) is 4.39 Å². The first kappa shape index (κ1) is 19.5. The van der Waals surface area contributed by atoms with Crippen LogP contribution in [0.15, 0.2) is 42.5 Å². The Bertz CT molecular complexity index is 854. The molecule has 28 heavy (non-hydrogen) atoms. The van der Waals surface area contributed by atoms with Gasteiger partial charge in [0.2, 0.25) is 6.79 Å². The number of hydrogen-bond donors (Lipinski definition) is 1. The molecule has 2 aromatic rings. The number of amides is 1. The van der Waals surface area contributed by atoms with E-state index in [-0.39, 0.29) is 13.3 Å². The summed E-state index contributed by atoms with van der Waals surface area (Å²) in [5, 5.41) is 2.70. The number of benzene rings is 2. The van der Waals surface area contributed by atoms with Gasteiger partial charge < -0.3 is 24.3 Å². The molecule has 1 amide bonds. The third-order valence-electron chi connectivity index (χ3n) is 4.02. The topological polar surface area (TPSA) is 83.1 Å². The number of ether oxygens (including phenoxy) is 4. The minimum Gasteiger partial charge on any atom is -0.479 e. The summed E-state index contributed by atoms with van der Waals surface area (Å²) >= 11 is 0. The molecule has 0 aromatic heterocycles. The molecule has 8 heteroatoms. The molecular formula is C20H20FNO6. The van der Waals surface area contributed by atoms with Gasteiger partial charge in [-0.2, -0.15) is 0 Å². The minimum absolute atomic E-state index is 0.177. The third-order valence-corrected chi connectivity index (χ3v) is 4.02. The van der Waals surface area contributed by atoms with Crippen molar-refractivity contribution in [2.75, 3.05) is 6.79 Å². The van der Waals surface area contributed by atoms with Crippen molar-refractivity contribution in [1.82, 2.24) is 5.32 Å². The molecule has 0 fully saturated rings. The van der Waals surface area contributed by atoms with Gasteiger partial charge in [-0.1, -0.05) is 6.07 Å². The molecule has 0 aliphatic carbocycles. The zero-order valence-corrected chi connectivity index (χ0v) is 15.4. The average Bonchev–Trinajstić information content (AvgIpc) is 3.15. The van der Waals surface area contributed by atoms with Gasteiger partial charge in [-0.05, 0) is 55.8 Å². The number of esters is 1. The number of carbonyl (C=O) groups excluding carboxylic acids is 2. The second-order valence-corrected chi connectivity index (χ2v) is 6.20. The van der Waals surface area contributed by atoms with Crippen LogP contribution in [0.1, 0.15) is 19.4 Å². The van der Waals surface area contributed by atoms with Crippen LogP contribution < -0.4 is 19.5 Å². The van der Waals surface area contributed by atoms with E-state index >= 15 is 0 Å². The van der Waals surface area contributed by atoms with Crippen molar-refractivity contribution in [3.8, 4) is 17.2 Å². The molecule has 0 spiro atoms. The van der Waals surface area contributed by atoms with E-state index in [9.17, 15) is 14.0 Å². The van der Waals surface area contributed by atoms with Gasteiger partial charge in [0.15, 0.2) is 23.7 Å². The van der Waals surface area contributed by atoms with Gasteiger partial charge in [-0.25, -0.2) is 9.18 Å². The largest absolute Gasteiger partial charge is 0.479 e. The molecular weight excluding hydrogens is 369 g/mol. The highest BCUT2D eigenvalue weighted by Gasteiger charge is 2.23. The normalized spacial score (nSPS) is 14.1. The van der Waals surface area contributed by atoms with Crippen molar-refractivity contribution in [3.63, 3.8) is 0 Å². The number of halogens is 1. The Morgan fingerprint density at radius 2 is 1.79 bits per heavy atom. The molecule has 1 aliphatic heterocycles. The first-order chi connectivity index (χ1) is 13.4. The maximum atomic E-state index is 12.9. The second kappa shape index (κ2) is 8.60. The highest BCUT2D eigenvalue weighted by molar-refractivity contribution is 5.84. The fraction of sp³-hybridized carbons (Fsp3) is 0.300. The minimum atomic E-state index is -0.999. The summed E-state index contributed by atoms with van der Waals surface area (Å²) in [7, 11) is 0. The first-order valence-corrected chi connectivity index (χ1v) is 8.71. The molecule has 1 heterocycles. The SMILES string of the molecule is C[C@H](OC(=O)[C@@H](C)Oc1ccc(F)cc1)C(=O)NCc1ccc2c(c1)OCO2. The zero-order chi connectivity index (χ0) is 20.1. The molecule has 3 rings (SSSR count). The summed E-state index contributed by atoms with van der Waals surface area (Å²) in [6, 6.07) is 10.6. The van der Waals surface area contributed by atoms with Crippen LogP contribution in [0.5, 0.6) is 17.2 Å². The van der Waals surface area contributed by atoms with Crippen molar-refractivity contribution in [2.45, 2.75) is 32.6 Å². The van der Waals surface area contributed by atoms with E-state index < -0.39 is 29.9 Å². The summed E-state index contributed by atoms with van der Waals surface area (Å²) < 4.78 is 33.9. The van der Waals surface area contributed by atoms with Gasteiger partial charge in [-0.15, -0.1) is 0 Å². The summed E-state index contributed by atoms with van der Waals surface area (Å²) in [4.78, 5) is 24.3. The lowest BCUT2D eigenvalue weighted by Gasteiger charge is -2.18. The number of fused-ring (bicyclic) bond motifs is 1. The summed E-state index contributed by atoms with van der Waals surface area (Å²) in [5.41, 5.74) is 0.823. The van der Waals surface area contributed by atoms with Crippen LogP contribution in [0.2, 0.25) is 0 Å². The van der Waals surface area contributed by atoms with E-state index in [1.165, 1.54) is 38.1 Å².